The van der Waals surface area contributed by atoms with E-state index in [4.69, 9.17) is 9.47 Å². The standard InChI is InChI=1S/C45H52N4O10/c1-9-29(21-20-28(2)46-40(56)58-42(3,4)5)36(50)48-44(38(52)53)26-35(31-18-14-11-15-19-31)45(39(54)55,27-34(44)30-16-12-10-13-17-30)49-37(51)32-22-24-33(25-23-32)47-41(57)59-43(6,7)8/h9-25,34-35H,1,26-27H2,2-8H3,(H,46,56)(H,47,57)(H,48,50)(H,49,51)(H,52,53)(H,54,55)/b28-20+,29-21+. The molecule has 0 heterocycles. The number of carboxylic acids is 2. The average molecular weight is 809 g/mol. The van der Waals surface area contributed by atoms with Gasteiger partial charge in [-0.25, -0.2) is 19.2 Å². The molecule has 0 radical (unpaired) electrons. The van der Waals surface area contributed by atoms with Crippen molar-refractivity contribution in [1.29, 1.82) is 0 Å². The van der Waals surface area contributed by atoms with Crippen molar-refractivity contribution in [2.24, 2.45) is 0 Å². The van der Waals surface area contributed by atoms with Gasteiger partial charge in [0, 0.05) is 34.4 Å². The first kappa shape index (κ1) is 45.0. The maximum Gasteiger partial charge on any atom is 0.412 e. The van der Waals surface area contributed by atoms with E-state index in [-0.39, 0.29) is 11.1 Å². The van der Waals surface area contributed by atoms with Gasteiger partial charge in [0.25, 0.3) is 11.8 Å². The van der Waals surface area contributed by atoms with Crippen LogP contribution in [-0.2, 0) is 23.9 Å². The Hall–Kier alpha value is -6.70. The third kappa shape index (κ3) is 11.5. The zero-order chi connectivity index (χ0) is 43.8. The van der Waals surface area contributed by atoms with Gasteiger partial charge in [0.2, 0.25) is 0 Å². The van der Waals surface area contributed by atoms with Crippen molar-refractivity contribution in [3.8, 4) is 0 Å². The molecule has 59 heavy (non-hydrogen) atoms. The normalized spacial score (nSPS) is 20.9. The number of allylic oxidation sites excluding steroid dienone is 3. The highest BCUT2D eigenvalue weighted by atomic mass is 16.6. The Morgan fingerprint density at radius 1 is 0.678 bits per heavy atom. The van der Waals surface area contributed by atoms with Gasteiger partial charge in [-0.3, -0.25) is 20.2 Å². The molecule has 1 aliphatic carbocycles. The zero-order valence-corrected chi connectivity index (χ0v) is 34.3. The monoisotopic (exact) mass is 808 g/mol. The lowest BCUT2D eigenvalue weighted by Crippen LogP contribution is -2.70. The number of ether oxygens (including phenoxy) is 2. The van der Waals surface area contributed by atoms with E-state index in [0.717, 1.165) is 0 Å². The molecule has 0 aliphatic heterocycles. The van der Waals surface area contributed by atoms with Crippen molar-refractivity contribution in [2.75, 3.05) is 5.32 Å². The van der Waals surface area contributed by atoms with E-state index in [1.165, 1.54) is 42.5 Å². The van der Waals surface area contributed by atoms with Gasteiger partial charge >= 0.3 is 24.1 Å². The molecule has 0 spiro atoms. The van der Waals surface area contributed by atoms with Crippen molar-refractivity contribution >= 4 is 41.6 Å². The predicted octanol–water partition coefficient (Wildman–Crippen LogP) is 7.43. The van der Waals surface area contributed by atoms with Crippen LogP contribution in [0.15, 0.2) is 121 Å². The molecule has 3 aromatic rings. The molecule has 1 saturated carbocycles. The molecule has 4 amide bonds. The van der Waals surface area contributed by atoms with Crippen LogP contribution in [0.2, 0.25) is 0 Å². The number of aliphatic carboxylic acids is 2. The van der Waals surface area contributed by atoms with Crippen LogP contribution in [0.25, 0.3) is 0 Å². The molecule has 14 heteroatoms. The first-order chi connectivity index (χ1) is 27.6. The van der Waals surface area contributed by atoms with Crippen LogP contribution < -0.4 is 21.3 Å². The second-order valence-corrected chi connectivity index (χ2v) is 16.3. The summed E-state index contributed by atoms with van der Waals surface area (Å²) in [4.78, 5) is 80.4. The van der Waals surface area contributed by atoms with Crippen LogP contribution in [0.1, 0.15) is 94.6 Å². The molecule has 0 bridgehead atoms. The van der Waals surface area contributed by atoms with E-state index in [2.05, 4.69) is 27.8 Å². The predicted molar refractivity (Wildman–Crippen MR) is 222 cm³/mol. The van der Waals surface area contributed by atoms with E-state index in [9.17, 15) is 39.0 Å². The number of nitrogens with one attached hydrogen (secondary N) is 4. The van der Waals surface area contributed by atoms with Gasteiger partial charge in [-0.2, -0.15) is 0 Å². The summed E-state index contributed by atoms with van der Waals surface area (Å²) in [5, 5.41) is 33.1. The Morgan fingerprint density at radius 3 is 1.58 bits per heavy atom. The Labute approximate surface area is 343 Å². The fourth-order valence-electron chi connectivity index (χ4n) is 6.94. The summed E-state index contributed by atoms with van der Waals surface area (Å²) in [7, 11) is 0. The molecule has 4 unspecified atom stereocenters. The molecule has 312 valence electrons. The summed E-state index contributed by atoms with van der Waals surface area (Å²) in [5.41, 5.74) is -4.26. The van der Waals surface area contributed by atoms with E-state index in [0.29, 0.717) is 22.5 Å². The van der Waals surface area contributed by atoms with Crippen LogP contribution in [0.4, 0.5) is 15.3 Å². The molecule has 1 fully saturated rings. The van der Waals surface area contributed by atoms with Crippen LogP contribution in [-0.4, -0.2) is 68.4 Å². The molecule has 3 aromatic carbocycles. The fraction of sp³-hybridized carbons (Fsp3) is 0.333. The Bertz CT molecular complexity index is 2120. The van der Waals surface area contributed by atoms with Crippen LogP contribution >= 0.6 is 0 Å². The Morgan fingerprint density at radius 2 is 1.14 bits per heavy atom. The van der Waals surface area contributed by atoms with Crippen molar-refractivity contribution in [1.82, 2.24) is 16.0 Å². The number of hydrogen-bond donors (Lipinski definition) is 6. The lowest BCUT2D eigenvalue weighted by Gasteiger charge is -2.52. The SMILES string of the molecule is C=C/C(=C\C=C(/C)NC(=O)OC(C)(C)C)C(=O)NC1(C(=O)O)CC(c2ccccc2)C(NC(=O)c2ccc(NC(=O)OC(C)(C)C)cc2)(C(=O)O)CC1c1ccccc1. The number of amides is 4. The molecule has 4 atom stereocenters. The molecule has 0 saturated heterocycles. The van der Waals surface area contributed by atoms with E-state index in [1.807, 2.05) is 0 Å². The largest absolute Gasteiger partial charge is 0.479 e. The quantitative estimate of drug-likeness (QED) is 0.0787. The fourth-order valence-corrected chi connectivity index (χ4v) is 6.94. The van der Waals surface area contributed by atoms with Crippen molar-refractivity contribution < 1.29 is 48.5 Å². The summed E-state index contributed by atoms with van der Waals surface area (Å²) < 4.78 is 10.6. The van der Waals surface area contributed by atoms with Crippen molar-refractivity contribution in [3.05, 3.63) is 138 Å². The summed E-state index contributed by atoms with van der Waals surface area (Å²) in [6, 6.07) is 22.4. The molecule has 1 aliphatic rings. The smallest absolute Gasteiger partial charge is 0.412 e. The van der Waals surface area contributed by atoms with Gasteiger partial charge in [0.05, 0.1) is 0 Å². The Balaban J connectivity index is 1.79. The maximum absolute atomic E-state index is 14.1. The number of rotatable bonds is 12. The van der Waals surface area contributed by atoms with E-state index >= 15 is 0 Å². The molecular weight excluding hydrogens is 757 g/mol. The number of anilines is 1. The van der Waals surface area contributed by atoms with Gasteiger partial charge in [-0.15, -0.1) is 0 Å². The minimum absolute atomic E-state index is 0.0491. The topological polar surface area (TPSA) is 209 Å². The maximum atomic E-state index is 14.1. The summed E-state index contributed by atoms with van der Waals surface area (Å²) in [5.74, 6) is -6.86. The van der Waals surface area contributed by atoms with Gasteiger partial charge in [-0.05, 0) is 109 Å². The third-order valence-corrected chi connectivity index (χ3v) is 9.57. The van der Waals surface area contributed by atoms with Gasteiger partial charge in [0.15, 0.2) is 0 Å². The second-order valence-electron chi connectivity index (χ2n) is 16.3. The number of carbonyl (C=O) groups excluding carboxylic acids is 4. The molecule has 14 nitrogen and oxygen atoms in total. The second kappa shape index (κ2) is 18.3. The molecule has 6 N–H and O–H groups in total. The lowest BCUT2D eigenvalue weighted by atomic mass is 9.56. The molecular formula is C45H52N4O10. The first-order valence-electron chi connectivity index (χ1n) is 18.9. The lowest BCUT2D eigenvalue weighted by molar-refractivity contribution is -0.157. The van der Waals surface area contributed by atoms with Crippen molar-refractivity contribution in [3.63, 3.8) is 0 Å². The number of alkyl carbamates (subject to hydrolysis) is 1. The highest BCUT2D eigenvalue weighted by molar-refractivity contribution is 6.02. The van der Waals surface area contributed by atoms with Crippen LogP contribution in [0.3, 0.4) is 0 Å². The summed E-state index contributed by atoms with van der Waals surface area (Å²) >= 11 is 0. The van der Waals surface area contributed by atoms with E-state index < -0.39 is 82.9 Å². The van der Waals surface area contributed by atoms with E-state index in [1.54, 1.807) is 109 Å². The highest BCUT2D eigenvalue weighted by Crippen LogP contribution is 2.52. The zero-order valence-electron chi connectivity index (χ0n) is 34.3. The average Bonchev–Trinajstić information content (AvgIpc) is 3.14. The van der Waals surface area contributed by atoms with Gasteiger partial charge in [0.1, 0.15) is 22.3 Å². The summed E-state index contributed by atoms with van der Waals surface area (Å²) in [6.45, 7) is 15.6. The van der Waals surface area contributed by atoms with Gasteiger partial charge < -0.3 is 30.3 Å². The highest BCUT2D eigenvalue weighted by Gasteiger charge is 2.63. The number of benzene rings is 3. The van der Waals surface area contributed by atoms with Gasteiger partial charge in [-0.1, -0.05) is 73.3 Å². The summed E-state index contributed by atoms with van der Waals surface area (Å²) in [6.07, 6.45) is 1.67. The first-order valence-corrected chi connectivity index (χ1v) is 18.9. The van der Waals surface area contributed by atoms with Crippen molar-refractivity contribution in [2.45, 2.75) is 95.4 Å². The third-order valence-electron chi connectivity index (χ3n) is 9.57. The van der Waals surface area contributed by atoms with Crippen LogP contribution in [0.5, 0.6) is 0 Å². The van der Waals surface area contributed by atoms with Crippen LogP contribution in [0, 0.1) is 0 Å². The number of hydrogen-bond acceptors (Lipinski definition) is 8. The number of carbonyl (C=O) groups is 6. The number of carboxylic acid groups (broad SMARTS) is 2. The molecule has 0 aromatic heterocycles. The minimum atomic E-state index is -2.13. The molecule has 4 rings (SSSR count). The minimum Gasteiger partial charge on any atom is -0.479 e. The Kier molecular flexibility index (Phi) is 13.9.